The lowest BCUT2D eigenvalue weighted by Crippen LogP contribution is -2.26. The molecule has 1 atom stereocenters. The Bertz CT molecular complexity index is 1090. The number of aromatic nitrogens is 4. The fraction of sp³-hybridized carbons (Fsp3) is 0.368. The monoisotopic (exact) mass is 379 g/mol. The second-order valence-corrected chi connectivity index (χ2v) is 7.81. The highest BCUT2D eigenvalue weighted by atomic mass is 16.3. The van der Waals surface area contributed by atoms with Gasteiger partial charge in [-0.25, -0.2) is 9.50 Å². The zero-order chi connectivity index (χ0) is 19.5. The summed E-state index contributed by atoms with van der Waals surface area (Å²) in [6, 6.07) is 5.76. The molecule has 1 aromatic carbocycles. The third-order valence-electron chi connectivity index (χ3n) is 5.46. The number of carbonyl (C=O) groups excluding carboxylic acids is 1. The first-order valence-corrected chi connectivity index (χ1v) is 9.29. The SMILES string of the molecule is CC1(C)C(=O)Nc2cc(Nc3nc4c(N5CCC(O)C5)nccn4n3)ccc21. The average Bonchev–Trinajstić information content (AvgIpc) is 3.31. The molecule has 9 nitrogen and oxygen atoms in total. The maximum absolute atomic E-state index is 12.1. The summed E-state index contributed by atoms with van der Waals surface area (Å²) in [6.45, 7) is 5.11. The molecule has 2 aliphatic rings. The smallest absolute Gasteiger partial charge is 0.247 e. The topological polar surface area (TPSA) is 108 Å². The lowest BCUT2D eigenvalue weighted by molar-refractivity contribution is -0.119. The third kappa shape index (κ3) is 2.58. The molecule has 2 aliphatic heterocycles. The predicted molar refractivity (Wildman–Crippen MR) is 105 cm³/mol. The summed E-state index contributed by atoms with van der Waals surface area (Å²) in [4.78, 5) is 23.2. The van der Waals surface area contributed by atoms with Gasteiger partial charge in [0.2, 0.25) is 11.9 Å². The van der Waals surface area contributed by atoms with Gasteiger partial charge in [-0.15, -0.1) is 5.10 Å². The van der Waals surface area contributed by atoms with Crippen molar-refractivity contribution in [1.29, 1.82) is 0 Å². The molecule has 144 valence electrons. The number of carbonyl (C=O) groups is 1. The second kappa shape index (κ2) is 5.90. The summed E-state index contributed by atoms with van der Waals surface area (Å²) in [5.74, 6) is 1.15. The highest BCUT2D eigenvalue weighted by molar-refractivity contribution is 6.06. The molecule has 0 aliphatic carbocycles. The zero-order valence-electron chi connectivity index (χ0n) is 15.7. The van der Waals surface area contributed by atoms with Crippen molar-refractivity contribution in [3.63, 3.8) is 0 Å². The summed E-state index contributed by atoms with van der Waals surface area (Å²) < 4.78 is 1.67. The number of nitrogens with zero attached hydrogens (tertiary/aromatic N) is 5. The third-order valence-corrected chi connectivity index (χ3v) is 5.46. The molecule has 0 saturated carbocycles. The van der Waals surface area contributed by atoms with Crippen LogP contribution < -0.4 is 15.5 Å². The largest absolute Gasteiger partial charge is 0.391 e. The molecule has 0 radical (unpaired) electrons. The van der Waals surface area contributed by atoms with Gasteiger partial charge >= 0.3 is 0 Å². The molecule has 1 amide bonds. The molecule has 9 heteroatoms. The Kier molecular flexibility index (Phi) is 3.57. The molecule has 3 aromatic rings. The lowest BCUT2D eigenvalue weighted by Gasteiger charge is -2.16. The predicted octanol–water partition coefficient (Wildman–Crippen LogP) is 1.67. The number of aliphatic hydroxyl groups is 1. The van der Waals surface area contributed by atoms with Gasteiger partial charge in [0.1, 0.15) is 0 Å². The number of anilines is 4. The summed E-state index contributed by atoms with van der Waals surface area (Å²) in [7, 11) is 0. The van der Waals surface area contributed by atoms with Crippen LogP contribution in [0.1, 0.15) is 25.8 Å². The summed E-state index contributed by atoms with van der Waals surface area (Å²) in [6.07, 6.45) is 3.81. The van der Waals surface area contributed by atoms with Crippen LogP contribution in [0.4, 0.5) is 23.1 Å². The van der Waals surface area contributed by atoms with E-state index >= 15 is 0 Å². The van der Waals surface area contributed by atoms with E-state index in [1.807, 2.05) is 36.9 Å². The fourth-order valence-electron chi connectivity index (χ4n) is 3.82. The fourth-order valence-corrected chi connectivity index (χ4v) is 3.82. The van der Waals surface area contributed by atoms with Crippen molar-refractivity contribution in [2.75, 3.05) is 28.6 Å². The average molecular weight is 379 g/mol. The molecular weight excluding hydrogens is 358 g/mol. The van der Waals surface area contributed by atoms with Gasteiger partial charge in [-0.3, -0.25) is 4.79 Å². The second-order valence-electron chi connectivity index (χ2n) is 7.81. The minimum Gasteiger partial charge on any atom is -0.391 e. The van der Waals surface area contributed by atoms with Gasteiger partial charge in [-0.1, -0.05) is 6.07 Å². The van der Waals surface area contributed by atoms with Crippen molar-refractivity contribution in [1.82, 2.24) is 19.6 Å². The molecule has 4 heterocycles. The van der Waals surface area contributed by atoms with E-state index in [-0.39, 0.29) is 12.0 Å². The molecule has 28 heavy (non-hydrogen) atoms. The van der Waals surface area contributed by atoms with E-state index in [1.54, 1.807) is 16.9 Å². The van der Waals surface area contributed by atoms with Crippen molar-refractivity contribution in [3.05, 3.63) is 36.2 Å². The standard InChI is InChI=1S/C19H21N7O2/c1-19(2)13-4-3-11(9-14(13)22-17(19)28)21-18-23-16-15(20-6-8-26(16)24-18)25-7-5-12(27)10-25/h3-4,6,8-9,12,27H,5,7,10H2,1-2H3,(H,21,24)(H,22,28). The Labute approximate surface area is 161 Å². The van der Waals surface area contributed by atoms with E-state index in [9.17, 15) is 9.90 Å². The molecule has 5 rings (SSSR count). The van der Waals surface area contributed by atoms with Crippen molar-refractivity contribution in [3.8, 4) is 0 Å². The van der Waals surface area contributed by atoms with Gasteiger partial charge in [-0.05, 0) is 38.0 Å². The van der Waals surface area contributed by atoms with Crippen LogP contribution in [0.25, 0.3) is 5.65 Å². The van der Waals surface area contributed by atoms with E-state index < -0.39 is 5.41 Å². The first-order chi connectivity index (χ1) is 13.4. The van der Waals surface area contributed by atoms with Gasteiger partial charge in [0.25, 0.3) is 0 Å². The highest BCUT2D eigenvalue weighted by Gasteiger charge is 2.38. The van der Waals surface area contributed by atoms with E-state index in [0.717, 1.165) is 29.9 Å². The number of fused-ring (bicyclic) bond motifs is 2. The minimum atomic E-state index is -0.532. The molecule has 1 saturated heterocycles. The van der Waals surface area contributed by atoms with E-state index in [2.05, 4.69) is 25.7 Å². The molecular formula is C19H21N7O2. The summed E-state index contributed by atoms with van der Waals surface area (Å²) >= 11 is 0. The van der Waals surface area contributed by atoms with Crippen LogP contribution in [0, 0.1) is 0 Å². The van der Waals surface area contributed by atoms with Gasteiger partial charge in [0.05, 0.1) is 11.5 Å². The van der Waals surface area contributed by atoms with Crippen molar-refractivity contribution < 1.29 is 9.90 Å². The number of aliphatic hydroxyl groups excluding tert-OH is 1. The Balaban J connectivity index is 1.45. The van der Waals surface area contributed by atoms with Crippen LogP contribution in [0.2, 0.25) is 0 Å². The lowest BCUT2D eigenvalue weighted by atomic mass is 9.86. The van der Waals surface area contributed by atoms with Crippen LogP contribution in [0.3, 0.4) is 0 Å². The number of amides is 1. The zero-order valence-corrected chi connectivity index (χ0v) is 15.7. The number of β-amino-alcohol motifs (C(OH)–C–C–N with tert-alkyl or cyclic N) is 1. The first kappa shape index (κ1) is 16.9. The molecule has 3 N–H and O–H groups in total. The van der Waals surface area contributed by atoms with Crippen LogP contribution in [-0.2, 0) is 10.2 Å². The number of nitrogens with one attached hydrogen (secondary N) is 2. The Morgan fingerprint density at radius 1 is 1.36 bits per heavy atom. The number of hydrogen-bond acceptors (Lipinski definition) is 7. The first-order valence-electron chi connectivity index (χ1n) is 9.29. The van der Waals surface area contributed by atoms with E-state index in [1.165, 1.54) is 0 Å². The minimum absolute atomic E-state index is 0.00554. The van der Waals surface area contributed by atoms with Crippen LogP contribution >= 0.6 is 0 Å². The van der Waals surface area contributed by atoms with Crippen LogP contribution in [0.5, 0.6) is 0 Å². The van der Waals surface area contributed by atoms with Crippen LogP contribution in [-0.4, -0.2) is 49.8 Å². The normalized spacial score (nSPS) is 20.5. The molecule has 1 fully saturated rings. The molecule has 2 aromatic heterocycles. The van der Waals surface area contributed by atoms with Crippen molar-refractivity contribution in [2.24, 2.45) is 0 Å². The Morgan fingerprint density at radius 3 is 3.00 bits per heavy atom. The Hall–Kier alpha value is -3.20. The maximum Gasteiger partial charge on any atom is 0.247 e. The van der Waals surface area contributed by atoms with Gasteiger partial charge in [0, 0.05) is 36.9 Å². The molecule has 0 spiro atoms. The molecule has 0 bridgehead atoms. The molecule has 1 unspecified atom stereocenters. The van der Waals surface area contributed by atoms with E-state index in [0.29, 0.717) is 24.0 Å². The van der Waals surface area contributed by atoms with Crippen LogP contribution in [0.15, 0.2) is 30.6 Å². The van der Waals surface area contributed by atoms with Crippen molar-refractivity contribution >= 4 is 34.7 Å². The van der Waals surface area contributed by atoms with Crippen molar-refractivity contribution in [2.45, 2.75) is 31.8 Å². The number of hydrogen-bond donors (Lipinski definition) is 3. The quantitative estimate of drug-likeness (QED) is 0.635. The summed E-state index contributed by atoms with van der Waals surface area (Å²) in [5, 5.41) is 20.4. The van der Waals surface area contributed by atoms with Gasteiger partial charge < -0.3 is 20.6 Å². The number of benzene rings is 1. The highest BCUT2D eigenvalue weighted by Crippen LogP contribution is 2.39. The van der Waals surface area contributed by atoms with E-state index in [4.69, 9.17) is 0 Å². The number of rotatable bonds is 3. The Morgan fingerprint density at radius 2 is 2.21 bits per heavy atom. The van der Waals surface area contributed by atoms with Gasteiger partial charge in [0.15, 0.2) is 11.5 Å². The maximum atomic E-state index is 12.1. The van der Waals surface area contributed by atoms with Gasteiger partial charge in [-0.2, -0.15) is 4.98 Å². The summed E-state index contributed by atoms with van der Waals surface area (Å²) in [5.41, 5.74) is 2.67.